The van der Waals surface area contributed by atoms with E-state index in [1.165, 1.54) is 36.4 Å². The summed E-state index contributed by atoms with van der Waals surface area (Å²) in [5.41, 5.74) is 0.279. The number of anilines is 1. The standard InChI is InChI=1S/C18H13F2NO5/c19-18(20)25-13-6-3-12(4-7-13)21-16(22)10-24-14-5-1-11-2-8-17(23)26-15(11)9-14/h1-9,18H,10H2,(H,21,22). The Hall–Kier alpha value is -3.42. The fourth-order valence-electron chi connectivity index (χ4n) is 2.20. The highest BCUT2D eigenvalue weighted by atomic mass is 19.3. The fraction of sp³-hybridized carbons (Fsp3) is 0.111. The molecule has 0 atom stereocenters. The molecule has 0 spiro atoms. The van der Waals surface area contributed by atoms with Crippen molar-refractivity contribution in [2.45, 2.75) is 6.61 Å². The van der Waals surface area contributed by atoms with Crippen LogP contribution in [0.3, 0.4) is 0 Å². The number of hydrogen-bond donors (Lipinski definition) is 1. The van der Waals surface area contributed by atoms with Gasteiger partial charge in [-0.15, -0.1) is 0 Å². The topological polar surface area (TPSA) is 77.8 Å². The quantitative estimate of drug-likeness (QED) is 0.681. The lowest BCUT2D eigenvalue weighted by Crippen LogP contribution is -2.20. The lowest BCUT2D eigenvalue weighted by atomic mass is 10.2. The molecule has 8 heteroatoms. The van der Waals surface area contributed by atoms with Crippen LogP contribution in [0, 0.1) is 0 Å². The van der Waals surface area contributed by atoms with Crippen molar-refractivity contribution in [1.29, 1.82) is 0 Å². The summed E-state index contributed by atoms with van der Waals surface area (Å²) in [6.07, 6.45) is 0. The first kappa shape index (κ1) is 17.4. The van der Waals surface area contributed by atoms with Gasteiger partial charge in [0.15, 0.2) is 6.61 Å². The molecular formula is C18H13F2NO5. The normalized spacial score (nSPS) is 10.7. The van der Waals surface area contributed by atoms with Crippen molar-refractivity contribution in [1.82, 2.24) is 0 Å². The number of fused-ring (bicyclic) bond motifs is 1. The average molecular weight is 361 g/mol. The molecule has 0 fully saturated rings. The second-order valence-electron chi connectivity index (χ2n) is 5.19. The number of amides is 1. The number of hydrogen-bond acceptors (Lipinski definition) is 5. The van der Waals surface area contributed by atoms with Crippen LogP contribution in [0.4, 0.5) is 14.5 Å². The van der Waals surface area contributed by atoms with E-state index in [4.69, 9.17) is 9.15 Å². The molecule has 0 unspecified atom stereocenters. The minimum absolute atomic E-state index is 0.00750. The molecule has 1 heterocycles. The molecule has 0 saturated heterocycles. The number of benzene rings is 2. The number of alkyl halides is 2. The van der Waals surface area contributed by atoms with Crippen LogP contribution in [0.5, 0.6) is 11.5 Å². The molecule has 0 radical (unpaired) electrons. The van der Waals surface area contributed by atoms with Gasteiger partial charge in [0.25, 0.3) is 5.91 Å². The molecule has 0 aliphatic rings. The van der Waals surface area contributed by atoms with Gasteiger partial charge in [-0.25, -0.2) is 4.79 Å². The zero-order valence-electron chi connectivity index (χ0n) is 13.3. The van der Waals surface area contributed by atoms with Gasteiger partial charge in [0.05, 0.1) is 0 Å². The molecule has 1 N–H and O–H groups in total. The summed E-state index contributed by atoms with van der Waals surface area (Å²) in [4.78, 5) is 23.1. The van der Waals surface area contributed by atoms with E-state index in [2.05, 4.69) is 10.1 Å². The van der Waals surface area contributed by atoms with Crippen LogP contribution < -0.4 is 20.4 Å². The zero-order valence-corrected chi connectivity index (χ0v) is 13.3. The number of halogens is 2. The average Bonchev–Trinajstić information content (AvgIpc) is 2.61. The SMILES string of the molecule is O=C(COc1ccc2ccc(=O)oc2c1)Nc1ccc(OC(F)F)cc1. The first-order chi connectivity index (χ1) is 12.5. The molecule has 2 aromatic carbocycles. The monoisotopic (exact) mass is 361 g/mol. The third-order valence-electron chi connectivity index (χ3n) is 3.33. The van der Waals surface area contributed by atoms with E-state index in [-0.39, 0.29) is 12.4 Å². The van der Waals surface area contributed by atoms with Crippen molar-refractivity contribution in [3.8, 4) is 11.5 Å². The van der Waals surface area contributed by atoms with Crippen molar-refractivity contribution >= 4 is 22.6 Å². The Bertz CT molecular complexity index is 969. The Morgan fingerprint density at radius 2 is 1.73 bits per heavy atom. The van der Waals surface area contributed by atoms with Crippen LogP contribution in [0.25, 0.3) is 11.0 Å². The molecule has 6 nitrogen and oxygen atoms in total. The number of ether oxygens (including phenoxy) is 2. The number of nitrogens with one attached hydrogen (secondary N) is 1. The predicted octanol–water partition coefficient (Wildman–Crippen LogP) is 3.41. The predicted molar refractivity (Wildman–Crippen MR) is 89.7 cm³/mol. The van der Waals surface area contributed by atoms with Gasteiger partial charge >= 0.3 is 12.2 Å². The molecule has 26 heavy (non-hydrogen) atoms. The summed E-state index contributed by atoms with van der Waals surface area (Å²) in [5.74, 6) is -0.0864. The highest BCUT2D eigenvalue weighted by Gasteiger charge is 2.07. The maximum absolute atomic E-state index is 12.1. The molecule has 3 aromatic rings. The van der Waals surface area contributed by atoms with Gasteiger partial charge in [0.2, 0.25) is 0 Å². The molecule has 0 bridgehead atoms. The van der Waals surface area contributed by atoms with Gasteiger partial charge in [-0.3, -0.25) is 4.79 Å². The molecule has 0 aliphatic carbocycles. The number of rotatable bonds is 6. The molecule has 1 amide bonds. The molecule has 3 rings (SSSR count). The van der Waals surface area contributed by atoms with E-state index < -0.39 is 18.1 Å². The van der Waals surface area contributed by atoms with Crippen LogP contribution in [-0.4, -0.2) is 19.1 Å². The number of carbonyl (C=O) groups is 1. The first-order valence-electron chi connectivity index (χ1n) is 7.51. The molecule has 134 valence electrons. The van der Waals surface area contributed by atoms with E-state index in [0.717, 1.165) is 5.39 Å². The van der Waals surface area contributed by atoms with Crippen molar-refractivity contribution in [2.24, 2.45) is 0 Å². The lowest BCUT2D eigenvalue weighted by Gasteiger charge is -2.09. The maximum atomic E-state index is 12.1. The van der Waals surface area contributed by atoms with Crippen LogP contribution in [0.15, 0.2) is 63.8 Å². The Kier molecular flexibility index (Phi) is 5.12. The van der Waals surface area contributed by atoms with Gasteiger partial charge in [0.1, 0.15) is 17.1 Å². The summed E-state index contributed by atoms with van der Waals surface area (Å²) < 4.78 is 38.8. The summed E-state index contributed by atoms with van der Waals surface area (Å²) in [5, 5.41) is 3.29. The third-order valence-corrected chi connectivity index (χ3v) is 3.33. The fourth-order valence-corrected chi connectivity index (χ4v) is 2.20. The molecular weight excluding hydrogens is 348 g/mol. The van der Waals surface area contributed by atoms with Crippen molar-refractivity contribution in [3.05, 3.63) is 65.0 Å². The Labute approximate surface area is 146 Å². The zero-order chi connectivity index (χ0) is 18.5. The minimum atomic E-state index is -2.91. The van der Waals surface area contributed by atoms with Crippen molar-refractivity contribution < 1.29 is 27.5 Å². The summed E-state index contributed by atoms with van der Waals surface area (Å²) in [6, 6.07) is 13.3. The van der Waals surface area contributed by atoms with Gasteiger partial charge < -0.3 is 19.2 Å². The highest BCUT2D eigenvalue weighted by Crippen LogP contribution is 2.20. The second kappa shape index (κ2) is 7.64. The molecule has 1 aromatic heterocycles. The summed E-state index contributed by atoms with van der Waals surface area (Å²) >= 11 is 0. The maximum Gasteiger partial charge on any atom is 0.387 e. The number of carbonyl (C=O) groups excluding carboxylic acids is 1. The molecule has 0 aliphatic heterocycles. The van der Waals surface area contributed by atoms with Crippen molar-refractivity contribution in [3.63, 3.8) is 0 Å². The Morgan fingerprint density at radius 1 is 1.04 bits per heavy atom. The van der Waals surface area contributed by atoms with E-state index in [9.17, 15) is 18.4 Å². The molecule has 0 saturated carbocycles. The third kappa shape index (κ3) is 4.56. The van der Waals surface area contributed by atoms with E-state index in [0.29, 0.717) is 17.0 Å². The van der Waals surface area contributed by atoms with Crippen LogP contribution in [0.2, 0.25) is 0 Å². The first-order valence-corrected chi connectivity index (χ1v) is 7.51. The van der Waals surface area contributed by atoms with E-state index in [1.54, 1.807) is 18.2 Å². The lowest BCUT2D eigenvalue weighted by molar-refractivity contribution is -0.118. The van der Waals surface area contributed by atoms with Crippen LogP contribution in [0.1, 0.15) is 0 Å². The van der Waals surface area contributed by atoms with Gasteiger partial charge in [0, 0.05) is 23.2 Å². The van der Waals surface area contributed by atoms with Crippen LogP contribution in [-0.2, 0) is 4.79 Å². The Balaban J connectivity index is 1.57. The van der Waals surface area contributed by atoms with Gasteiger partial charge in [-0.1, -0.05) is 0 Å². The summed E-state index contributed by atoms with van der Waals surface area (Å²) in [6.45, 7) is -3.19. The smallest absolute Gasteiger partial charge is 0.387 e. The minimum Gasteiger partial charge on any atom is -0.484 e. The Morgan fingerprint density at radius 3 is 2.46 bits per heavy atom. The largest absolute Gasteiger partial charge is 0.484 e. The van der Waals surface area contributed by atoms with Crippen LogP contribution >= 0.6 is 0 Å². The van der Waals surface area contributed by atoms with E-state index >= 15 is 0 Å². The van der Waals surface area contributed by atoms with Gasteiger partial charge in [-0.2, -0.15) is 8.78 Å². The van der Waals surface area contributed by atoms with Gasteiger partial charge in [-0.05, 0) is 42.5 Å². The van der Waals surface area contributed by atoms with Crippen molar-refractivity contribution in [2.75, 3.05) is 11.9 Å². The highest BCUT2D eigenvalue weighted by molar-refractivity contribution is 5.92. The van der Waals surface area contributed by atoms with E-state index in [1.807, 2.05) is 0 Å². The second-order valence-corrected chi connectivity index (χ2v) is 5.19. The summed E-state index contributed by atoms with van der Waals surface area (Å²) in [7, 11) is 0.